The average molecular weight is 273 g/mol. The normalized spacial score (nSPS) is 10.8. The van der Waals surface area contributed by atoms with Gasteiger partial charge in [-0.25, -0.2) is 9.67 Å². The molecular weight excluding hydrogens is 263 g/mol. The predicted octanol–water partition coefficient (Wildman–Crippen LogP) is 2.20. The number of nitrogens with zero attached hydrogens (tertiary/aromatic N) is 4. The fourth-order valence-corrected chi connectivity index (χ4v) is 2.06. The second kappa shape index (κ2) is 5.44. The summed E-state index contributed by atoms with van der Waals surface area (Å²) in [6.07, 6.45) is 4.73. The molecule has 2 heterocycles. The lowest BCUT2D eigenvalue weighted by atomic mass is 10.3. The van der Waals surface area contributed by atoms with Crippen LogP contribution in [0.1, 0.15) is 11.3 Å². The van der Waals surface area contributed by atoms with Crippen LogP contribution in [0.3, 0.4) is 0 Å². The third kappa shape index (κ3) is 2.41. The molecule has 0 N–H and O–H groups in total. The van der Waals surface area contributed by atoms with E-state index in [1.165, 1.54) is 4.68 Å². The number of ether oxygens (including phenoxy) is 1. The van der Waals surface area contributed by atoms with E-state index >= 15 is 0 Å². The van der Waals surface area contributed by atoms with Gasteiger partial charge in [-0.15, -0.1) is 11.6 Å². The van der Waals surface area contributed by atoms with Crippen molar-refractivity contribution in [2.75, 3.05) is 7.11 Å². The highest BCUT2D eigenvalue weighted by Gasteiger charge is 2.16. The number of hydrogen-bond donors (Lipinski definition) is 0. The quantitative estimate of drug-likeness (QED) is 0.801. The maximum absolute atomic E-state index is 6.19. The van der Waals surface area contributed by atoms with E-state index < -0.39 is 0 Å². The fraction of sp³-hybridized carbons (Fsp3) is 0.300. The molecule has 0 amide bonds. The first-order chi connectivity index (χ1) is 8.27. The third-order valence-electron chi connectivity index (χ3n) is 2.19. The number of alkyl halides is 1. The average Bonchev–Trinajstić information content (AvgIpc) is 2.67. The zero-order valence-electron chi connectivity index (χ0n) is 9.10. The van der Waals surface area contributed by atoms with Crippen LogP contribution in [0.15, 0.2) is 18.6 Å². The minimum absolute atomic E-state index is 0.276. The Morgan fingerprint density at radius 1 is 1.41 bits per heavy atom. The van der Waals surface area contributed by atoms with Crippen molar-refractivity contribution < 1.29 is 4.74 Å². The van der Waals surface area contributed by atoms with Gasteiger partial charge < -0.3 is 4.74 Å². The molecule has 0 unspecified atom stereocenters. The summed E-state index contributed by atoms with van der Waals surface area (Å²) >= 11 is 12.0. The van der Waals surface area contributed by atoms with Crippen molar-refractivity contribution in [1.29, 1.82) is 0 Å². The molecule has 0 fully saturated rings. The van der Waals surface area contributed by atoms with Crippen LogP contribution in [0.2, 0.25) is 5.15 Å². The summed E-state index contributed by atoms with van der Waals surface area (Å²) in [6.45, 7) is 0.356. The summed E-state index contributed by atoms with van der Waals surface area (Å²) in [4.78, 5) is 8.09. The first kappa shape index (κ1) is 12.3. The zero-order valence-corrected chi connectivity index (χ0v) is 10.6. The molecule has 0 saturated heterocycles. The molecule has 17 heavy (non-hydrogen) atoms. The Morgan fingerprint density at radius 3 is 2.82 bits per heavy atom. The number of rotatable bonds is 4. The molecule has 0 aliphatic rings. The van der Waals surface area contributed by atoms with Crippen LogP contribution in [-0.2, 0) is 17.2 Å². The van der Waals surface area contributed by atoms with Crippen molar-refractivity contribution in [3.05, 3.63) is 35.0 Å². The van der Waals surface area contributed by atoms with Crippen LogP contribution in [0.25, 0.3) is 5.82 Å². The minimum Gasteiger partial charge on any atom is -0.378 e. The van der Waals surface area contributed by atoms with E-state index in [1.54, 1.807) is 25.7 Å². The largest absolute Gasteiger partial charge is 0.378 e. The minimum atomic E-state index is 0.276. The van der Waals surface area contributed by atoms with E-state index in [-0.39, 0.29) is 5.88 Å². The Balaban J connectivity index is 2.49. The Labute approximate surface area is 108 Å². The molecule has 7 heteroatoms. The van der Waals surface area contributed by atoms with E-state index in [1.807, 2.05) is 0 Å². The first-order valence-electron chi connectivity index (χ1n) is 4.85. The molecule has 0 bridgehead atoms. The number of aromatic nitrogens is 4. The van der Waals surface area contributed by atoms with Gasteiger partial charge in [0, 0.05) is 25.1 Å². The van der Waals surface area contributed by atoms with E-state index in [9.17, 15) is 0 Å². The summed E-state index contributed by atoms with van der Waals surface area (Å²) < 4.78 is 6.55. The van der Waals surface area contributed by atoms with Gasteiger partial charge in [-0.3, -0.25) is 4.98 Å². The lowest BCUT2D eigenvalue weighted by Crippen LogP contribution is -2.00. The highest BCUT2D eigenvalue weighted by Crippen LogP contribution is 2.24. The van der Waals surface area contributed by atoms with Crippen LogP contribution in [0.4, 0.5) is 0 Å². The second-order valence-corrected chi connectivity index (χ2v) is 3.88. The Morgan fingerprint density at radius 2 is 2.24 bits per heavy atom. The molecule has 2 aromatic rings. The second-order valence-electron chi connectivity index (χ2n) is 3.26. The Kier molecular flexibility index (Phi) is 3.93. The van der Waals surface area contributed by atoms with Crippen LogP contribution in [0.5, 0.6) is 0 Å². The summed E-state index contributed by atoms with van der Waals surface area (Å²) in [6, 6.07) is 0. The molecule has 5 nitrogen and oxygen atoms in total. The van der Waals surface area contributed by atoms with Gasteiger partial charge in [0.25, 0.3) is 0 Å². The van der Waals surface area contributed by atoms with Crippen LogP contribution in [-0.4, -0.2) is 26.9 Å². The first-order valence-corrected chi connectivity index (χ1v) is 5.76. The molecule has 0 spiro atoms. The van der Waals surface area contributed by atoms with Gasteiger partial charge in [0.05, 0.1) is 24.4 Å². The van der Waals surface area contributed by atoms with Crippen molar-refractivity contribution in [2.45, 2.75) is 12.5 Å². The molecule has 0 atom stereocenters. The zero-order chi connectivity index (χ0) is 12.3. The number of methoxy groups -OCH3 is 1. The van der Waals surface area contributed by atoms with Gasteiger partial charge in [-0.05, 0) is 0 Å². The van der Waals surface area contributed by atoms with Gasteiger partial charge >= 0.3 is 0 Å². The lowest BCUT2D eigenvalue weighted by molar-refractivity contribution is 0.180. The van der Waals surface area contributed by atoms with Gasteiger partial charge in [-0.2, -0.15) is 5.10 Å². The van der Waals surface area contributed by atoms with Crippen LogP contribution >= 0.6 is 23.2 Å². The molecule has 0 aliphatic carbocycles. The Hall–Kier alpha value is -1.17. The fourth-order valence-electron chi connectivity index (χ4n) is 1.41. The summed E-state index contributed by atoms with van der Waals surface area (Å²) in [5.41, 5.74) is 1.46. The van der Waals surface area contributed by atoms with Crippen molar-refractivity contribution in [2.24, 2.45) is 0 Å². The molecule has 0 aliphatic heterocycles. The summed E-state index contributed by atoms with van der Waals surface area (Å²) in [5, 5.41) is 4.75. The smallest absolute Gasteiger partial charge is 0.173 e. The number of hydrogen-bond acceptors (Lipinski definition) is 4. The van der Waals surface area contributed by atoms with E-state index in [0.717, 1.165) is 5.56 Å². The maximum Gasteiger partial charge on any atom is 0.173 e. The van der Waals surface area contributed by atoms with E-state index in [2.05, 4.69) is 15.1 Å². The van der Waals surface area contributed by atoms with E-state index in [0.29, 0.717) is 23.3 Å². The highest BCUT2D eigenvalue weighted by atomic mass is 35.5. The molecule has 90 valence electrons. The summed E-state index contributed by atoms with van der Waals surface area (Å²) in [5.74, 6) is 0.823. The van der Waals surface area contributed by atoms with Gasteiger partial charge in [0.2, 0.25) is 0 Å². The van der Waals surface area contributed by atoms with Gasteiger partial charge in [0.15, 0.2) is 5.82 Å². The molecule has 2 rings (SSSR count). The SMILES string of the molecule is COCc1nn(-c2cnccn2)c(Cl)c1CCl. The monoisotopic (exact) mass is 272 g/mol. The summed E-state index contributed by atoms with van der Waals surface area (Å²) in [7, 11) is 1.59. The predicted molar refractivity (Wildman–Crippen MR) is 64.4 cm³/mol. The molecule has 0 saturated carbocycles. The standard InChI is InChI=1S/C10H10Cl2N4O/c1-17-6-8-7(4-11)10(12)16(15-8)9-5-13-2-3-14-9/h2-3,5H,4,6H2,1H3. The third-order valence-corrected chi connectivity index (χ3v) is 2.84. The molecule has 0 aromatic carbocycles. The maximum atomic E-state index is 6.19. The highest BCUT2D eigenvalue weighted by molar-refractivity contribution is 6.31. The van der Waals surface area contributed by atoms with Crippen molar-refractivity contribution in [3.8, 4) is 5.82 Å². The lowest BCUT2D eigenvalue weighted by Gasteiger charge is -1.99. The molecule has 2 aromatic heterocycles. The van der Waals surface area contributed by atoms with Crippen molar-refractivity contribution in [1.82, 2.24) is 19.7 Å². The topological polar surface area (TPSA) is 52.8 Å². The van der Waals surface area contributed by atoms with Gasteiger partial charge in [-0.1, -0.05) is 11.6 Å². The van der Waals surface area contributed by atoms with E-state index in [4.69, 9.17) is 27.9 Å². The number of halogens is 2. The van der Waals surface area contributed by atoms with Crippen molar-refractivity contribution >= 4 is 23.2 Å². The van der Waals surface area contributed by atoms with Gasteiger partial charge in [0.1, 0.15) is 5.15 Å². The molecule has 0 radical (unpaired) electrons. The van der Waals surface area contributed by atoms with Crippen LogP contribution in [0, 0.1) is 0 Å². The van der Waals surface area contributed by atoms with Crippen LogP contribution < -0.4 is 0 Å². The molecular formula is C10H10Cl2N4O. The van der Waals surface area contributed by atoms with Crippen molar-refractivity contribution in [3.63, 3.8) is 0 Å². The Bertz CT molecular complexity index is 501.